The topological polar surface area (TPSA) is 47.4 Å². The third-order valence-corrected chi connectivity index (χ3v) is 7.46. The lowest BCUT2D eigenvalue weighted by molar-refractivity contribution is -0.308. The van der Waals surface area contributed by atoms with Crippen molar-refractivity contribution in [3.63, 3.8) is 0 Å². The lowest BCUT2D eigenvalue weighted by Gasteiger charge is -2.28. The third kappa shape index (κ3) is 9.28. The van der Waals surface area contributed by atoms with Crippen LogP contribution in [0.3, 0.4) is 0 Å². The average Bonchev–Trinajstić information content (AvgIpc) is 3.25. The number of rotatable bonds is 7. The molecule has 1 aromatic carbocycles. The highest BCUT2D eigenvalue weighted by Gasteiger charge is 2.36. The van der Waals surface area contributed by atoms with Crippen molar-refractivity contribution in [3.8, 4) is 11.8 Å². The molecule has 2 N–H and O–H groups in total. The van der Waals surface area contributed by atoms with Gasteiger partial charge in [-0.15, -0.1) is 13.2 Å². The molecule has 0 radical (unpaired) electrons. The fourth-order valence-corrected chi connectivity index (χ4v) is 5.36. The minimum absolute atomic E-state index is 0.0200. The van der Waals surface area contributed by atoms with Crippen molar-refractivity contribution >= 4 is 28.4 Å². The second kappa shape index (κ2) is 14.4. The first kappa shape index (κ1) is 32.0. The molecule has 1 aliphatic carbocycles. The summed E-state index contributed by atoms with van der Waals surface area (Å²) in [5.74, 6) is 5.38. The fourth-order valence-electron chi connectivity index (χ4n) is 4.72. The lowest BCUT2D eigenvalue weighted by atomic mass is 10.0. The molecule has 0 bridgehead atoms. The summed E-state index contributed by atoms with van der Waals surface area (Å²) in [6.45, 7) is 4.01. The maximum absolute atomic E-state index is 13.4. The van der Waals surface area contributed by atoms with Gasteiger partial charge in [0.1, 0.15) is 12.3 Å². The summed E-state index contributed by atoms with van der Waals surface area (Å²) in [6.07, 6.45) is -3.32. The highest BCUT2D eigenvalue weighted by atomic mass is 32.2. The molecule has 5 nitrogen and oxygen atoms in total. The number of aromatic nitrogens is 1. The predicted molar refractivity (Wildman–Crippen MR) is 147 cm³/mol. The van der Waals surface area contributed by atoms with Crippen LogP contribution in [0.1, 0.15) is 45.2 Å². The van der Waals surface area contributed by atoms with E-state index < -0.39 is 25.1 Å². The molecule has 2 unspecified atom stereocenters. The zero-order valence-corrected chi connectivity index (χ0v) is 23.5. The standard InChI is InChI=1S/C26H29F6N3O2S.C2H6/c1-38-19-7-8-22(24(15-19)37-26(30,31)32)33-11-3-4-18-14-20-21(34-17-9-12-36-13-10-17)5-2-6-23(20)35(18)16-25(27,28)29;1-2/h2,5-6,14-15,17,19,22,33-34H,7-13,16H2,1H3;1-2H3. The molecule has 2 aromatic rings. The van der Waals surface area contributed by atoms with Crippen LogP contribution in [-0.4, -0.2) is 60.5 Å². The predicted octanol–water partition coefficient (Wildman–Crippen LogP) is 7.08. The molecule has 1 fully saturated rings. The number of thioether (sulfide) groups is 1. The molecule has 2 heterocycles. The average molecular weight is 592 g/mol. The van der Waals surface area contributed by atoms with E-state index in [4.69, 9.17) is 4.74 Å². The number of anilines is 1. The van der Waals surface area contributed by atoms with Crippen molar-refractivity contribution in [2.75, 3.05) is 31.3 Å². The smallest absolute Gasteiger partial charge is 0.409 e. The molecule has 0 amide bonds. The van der Waals surface area contributed by atoms with Crippen LogP contribution in [0.5, 0.6) is 0 Å². The molecular weight excluding hydrogens is 556 g/mol. The Labute approximate surface area is 235 Å². The maximum Gasteiger partial charge on any atom is 0.572 e. The number of hydrogen-bond donors (Lipinski definition) is 2. The van der Waals surface area contributed by atoms with E-state index in [1.165, 1.54) is 17.8 Å². The van der Waals surface area contributed by atoms with Crippen LogP contribution >= 0.6 is 11.8 Å². The van der Waals surface area contributed by atoms with Crippen molar-refractivity contribution in [2.45, 2.75) is 75.9 Å². The normalized spacial score (nSPS) is 20.2. The van der Waals surface area contributed by atoms with Crippen LogP contribution in [0.2, 0.25) is 0 Å². The van der Waals surface area contributed by atoms with Crippen LogP contribution in [0.4, 0.5) is 32.0 Å². The number of nitrogens with zero attached hydrogens (tertiary/aromatic N) is 1. The first-order valence-electron chi connectivity index (χ1n) is 13.3. The second-order valence-corrected chi connectivity index (χ2v) is 10.3. The van der Waals surface area contributed by atoms with Gasteiger partial charge in [-0.1, -0.05) is 25.8 Å². The molecule has 2 aliphatic rings. The summed E-state index contributed by atoms with van der Waals surface area (Å²) in [7, 11) is 0. The molecule has 1 saturated heterocycles. The van der Waals surface area contributed by atoms with Gasteiger partial charge >= 0.3 is 12.5 Å². The molecule has 1 aliphatic heterocycles. The van der Waals surface area contributed by atoms with E-state index in [-0.39, 0.29) is 29.3 Å². The van der Waals surface area contributed by atoms with E-state index >= 15 is 0 Å². The summed E-state index contributed by atoms with van der Waals surface area (Å²) >= 11 is 1.44. The molecule has 40 heavy (non-hydrogen) atoms. The zero-order valence-electron chi connectivity index (χ0n) is 22.7. The van der Waals surface area contributed by atoms with E-state index in [1.54, 1.807) is 18.2 Å². The van der Waals surface area contributed by atoms with Crippen LogP contribution in [-0.2, 0) is 16.0 Å². The number of alkyl halides is 6. The molecule has 0 spiro atoms. The first-order chi connectivity index (χ1) is 19.0. The van der Waals surface area contributed by atoms with Gasteiger partial charge in [-0.25, -0.2) is 0 Å². The third-order valence-electron chi connectivity index (χ3n) is 6.49. The summed E-state index contributed by atoms with van der Waals surface area (Å²) in [5, 5.41) is 6.90. The molecule has 2 atom stereocenters. The number of benzene rings is 1. The summed E-state index contributed by atoms with van der Waals surface area (Å²) in [6, 6.07) is 6.24. The zero-order chi connectivity index (χ0) is 29.3. The Kier molecular flexibility index (Phi) is 11.5. The van der Waals surface area contributed by atoms with E-state index in [0.717, 1.165) is 23.1 Å². The largest absolute Gasteiger partial charge is 0.572 e. The van der Waals surface area contributed by atoms with E-state index in [0.29, 0.717) is 37.0 Å². The van der Waals surface area contributed by atoms with Gasteiger partial charge in [-0.05, 0) is 62.1 Å². The van der Waals surface area contributed by atoms with Crippen molar-refractivity contribution in [3.05, 3.63) is 41.8 Å². The molecular formula is C28H35F6N3O2S. The first-order valence-corrected chi connectivity index (χ1v) is 14.6. The summed E-state index contributed by atoms with van der Waals surface area (Å²) in [4.78, 5) is 0. The SMILES string of the molecule is CC.CSC1C=C(OC(F)(F)F)C(NCC#Cc2cc3c(NC4CCOCC4)cccc3n2CC(F)(F)F)CC1. The number of hydrogen-bond acceptors (Lipinski definition) is 5. The number of halogens is 6. The fraction of sp³-hybridized carbons (Fsp3) is 0.571. The highest BCUT2D eigenvalue weighted by molar-refractivity contribution is 7.99. The Morgan fingerprint density at radius 3 is 2.45 bits per heavy atom. The van der Waals surface area contributed by atoms with Gasteiger partial charge in [0.2, 0.25) is 0 Å². The molecule has 4 rings (SSSR count). The second-order valence-electron chi connectivity index (χ2n) is 9.20. The van der Waals surface area contributed by atoms with E-state index in [9.17, 15) is 26.3 Å². The Balaban J connectivity index is 0.00000216. The van der Waals surface area contributed by atoms with Crippen LogP contribution in [0.15, 0.2) is 36.1 Å². The van der Waals surface area contributed by atoms with Gasteiger partial charge in [0.05, 0.1) is 23.8 Å². The minimum Gasteiger partial charge on any atom is -0.409 e. The van der Waals surface area contributed by atoms with Gasteiger partial charge in [-0.3, -0.25) is 5.32 Å². The quantitative estimate of drug-likeness (QED) is 0.266. The number of nitrogens with one attached hydrogen (secondary N) is 2. The molecule has 0 saturated carbocycles. The number of ether oxygens (including phenoxy) is 2. The molecule has 12 heteroatoms. The van der Waals surface area contributed by atoms with Crippen molar-refractivity contribution < 1.29 is 35.8 Å². The van der Waals surface area contributed by atoms with Gasteiger partial charge < -0.3 is 19.4 Å². The van der Waals surface area contributed by atoms with E-state index in [2.05, 4.69) is 27.2 Å². The molecule has 1 aromatic heterocycles. The van der Waals surface area contributed by atoms with Crippen LogP contribution in [0.25, 0.3) is 10.9 Å². The van der Waals surface area contributed by atoms with Crippen molar-refractivity contribution in [1.29, 1.82) is 0 Å². The minimum atomic E-state index is -4.81. The Morgan fingerprint density at radius 1 is 1.07 bits per heavy atom. The van der Waals surface area contributed by atoms with Crippen LogP contribution < -0.4 is 10.6 Å². The number of fused-ring (bicyclic) bond motifs is 1. The van der Waals surface area contributed by atoms with Gasteiger partial charge in [-0.2, -0.15) is 24.9 Å². The van der Waals surface area contributed by atoms with Gasteiger partial charge in [0.15, 0.2) is 0 Å². The summed E-state index contributed by atoms with van der Waals surface area (Å²) < 4.78 is 89.7. The van der Waals surface area contributed by atoms with Crippen LogP contribution in [0, 0.1) is 11.8 Å². The lowest BCUT2D eigenvalue weighted by Crippen LogP contribution is -2.37. The Hall–Kier alpha value is -2.49. The van der Waals surface area contributed by atoms with E-state index in [1.807, 2.05) is 26.2 Å². The van der Waals surface area contributed by atoms with Crippen molar-refractivity contribution in [1.82, 2.24) is 9.88 Å². The van der Waals surface area contributed by atoms with Crippen molar-refractivity contribution in [2.24, 2.45) is 0 Å². The maximum atomic E-state index is 13.4. The van der Waals surface area contributed by atoms with Gasteiger partial charge in [0, 0.05) is 35.6 Å². The molecule has 222 valence electrons. The summed E-state index contributed by atoms with van der Waals surface area (Å²) in [5.41, 5.74) is 1.30. The van der Waals surface area contributed by atoms with Gasteiger partial charge in [0.25, 0.3) is 0 Å². The Bertz CT molecular complexity index is 1190. The highest BCUT2D eigenvalue weighted by Crippen LogP contribution is 2.32. The Morgan fingerprint density at radius 2 is 1.80 bits per heavy atom. The monoisotopic (exact) mass is 591 g/mol.